The van der Waals surface area contributed by atoms with Crippen LogP contribution in [0.2, 0.25) is 0 Å². The van der Waals surface area contributed by atoms with E-state index in [1.165, 1.54) is 0 Å². The van der Waals surface area contributed by atoms with Crippen molar-refractivity contribution in [2.75, 3.05) is 37.7 Å². The van der Waals surface area contributed by atoms with Gasteiger partial charge in [-0.25, -0.2) is 0 Å². The Hall–Kier alpha value is -2.58. The van der Waals surface area contributed by atoms with E-state index in [1.807, 2.05) is 47.4 Å². The molecule has 0 bridgehead atoms. The maximum absolute atomic E-state index is 14.4. The zero-order valence-corrected chi connectivity index (χ0v) is 23.2. The third-order valence-corrected chi connectivity index (χ3v) is 10.3. The molecule has 0 aliphatic carbocycles. The van der Waals surface area contributed by atoms with Gasteiger partial charge < -0.3 is 19.8 Å². The number of anilines is 1. The van der Waals surface area contributed by atoms with Crippen molar-refractivity contribution >= 4 is 35.2 Å². The van der Waals surface area contributed by atoms with Gasteiger partial charge in [-0.05, 0) is 44.7 Å². The van der Waals surface area contributed by atoms with Crippen LogP contribution in [0, 0.1) is 11.8 Å². The maximum Gasteiger partial charge on any atom is 0.247 e. The van der Waals surface area contributed by atoms with Gasteiger partial charge in [-0.3, -0.25) is 14.4 Å². The highest BCUT2D eigenvalue weighted by Gasteiger charge is 2.73. The molecule has 0 saturated carbocycles. The van der Waals surface area contributed by atoms with E-state index in [9.17, 15) is 19.5 Å². The van der Waals surface area contributed by atoms with Gasteiger partial charge in [0, 0.05) is 43.2 Å². The second kappa shape index (κ2) is 10.9. The van der Waals surface area contributed by atoms with E-state index in [1.54, 1.807) is 21.6 Å². The highest BCUT2D eigenvalue weighted by molar-refractivity contribution is 8.02. The highest BCUT2D eigenvalue weighted by Crippen LogP contribution is 2.65. The van der Waals surface area contributed by atoms with Gasteiger partial charge in [0.05, 0.1) is 16.6 Å². The Morgan fingerprint density at radius 3 is 2.39 bits per heavy atom. The lowest BCUT2D eigenvalue weighted by Gasteiger charge is -2.37. The van der Waals surface area contributed by atoms with Crippen LogP contribution in [-0.4, -0.2) is 80.9 Å². The molecule has 0 aromatic heterocycles. The summed E-state index contributed by atoms with van der Waals surface area (Å²) in [5.41, 5.74) is 0.818. The number of benzene rings is 1. The molecule has 0 radical (unpaired) electrons. The lowest BCUT2D eigenvalue weighted by molar-refractivity contribution is -0.142. The number of hydrogen-bond acceptors (Lipinski definition) is 5. The van der Waals surface area contributed by atoms with Crippen LogP contribution in [-0.2, 0) is 14.4 Å². The number of amides is 3. The molecule has 5 atom stereocenters. The average Bonchev–Trinajstić information content (AvgIpc) is 3.18. The molecular formula is C30H39N3O4S. The number of aliphatic hydroxyl groups is 1. The summed E-state index contributed by atoms with van der Waals surface area (Å²) in [5, 5.41) is 9.25. The van der Waals surface area contributed by atoms with Gasteiger partial charge in [0.25, 0.3) is 0 Å². The average molecular weight is 538 g/mol. The lowest BCUT2D eigenvalue weighted by Crippen LogP contribution is -2.53. The van der Waals surface area contributed by atoms with Crippen LogP contribution in [0.15, 0.2) is 54.6 Å². The first-order chi connectivity index (χ1) is 18.4. The van der Waals surface area contributed by atoms with Crippen LogP contribution in [0.5, 0.6) is 0 Å². The molecule has 4 aliphatic heterocycles. The summed E-state index contributed by atoms with van der Waals surface area (Å²) in [7, 11) is 0. The van der Waals surface area contributed by atoms with Crippen LogP contribution in [0.25, 0.3) is 0 Å². The third-order valence-electron chi connectivity index (χ3n) is 8.55. The summed E-state index contributed by atoms with van der Waals surface area (Å²) in [5.74, 6) is -1.35. The van der Waals surface area contributed by atoms with Crippen molar-refractivity contribution in [1.29, 1.82) is 0 Å². The van der Waals surface area contributed by atoms with Gasteiger partial charge in [0.15, 0.2) is 0 Å². The van der Waals surface area contributed by atoms with Crippen LogP contribution in [0.3, 0.4) is 0 Å². The highest BCUT2D eigenvalue weighted by atomic mass is 32.2. The number of carbonyl (C=O) groups is 3. The Labute approximate surface area is 229 Å². The van der Waals surface area contributed by atoms with Gasteiger partial charge in [0.1, 0.15) is 6.04 Å². The molecule has 1 aromatic rings. The number of thioether (sulfide) groups is 1. The summed E-state index contributed by atoms with van der Waals surface area (Å²) >= 11 is 1.64. The predicted molar refractivity (Wildman–Crippen MR) is 151 cm³/mol. The van der Waals surface area contributed by atoms with E-state index in [4.69, 9.17) is 0 Å². The fourth-order valence-electron chi connectivity index (χ4n) is 6.77. The summed E-state index contributed by atoms with van der Waals surface area (Å²) < 4.78 is -1.41. The molecule has 1 spiro atoms. The minimum Gasteiger partial charge on any atom is -0.396 e. The summed E-state index contributed by atoms with van der Waals surface area (Å²) in [6.07, 6.45) is 12.3. The van der Waals surface area contributed by atoms with Crippen LogP contribution in [0.4, 0.5) is 5.69 Å². The number of likely N-dealkylation sites (tertiary alicyclic amines) is 1. The first-order valence-electron chi connectivity index (χ1n) is 14.0. The van der Waals surface area contributed by atoms with Gasteiger partial charge in [-0.2, -0.15) is 0 Å². The van der Waals surface area contributed by atoms with Crippen molar-refractivity contribution in [1.82, 2.24) is 9.80 Å². The second-order valence-corrected chi connectivity index (χ2v) is 12.8. The molecule has 2 saturated heterocycles. The molecule has 7 nitrogen and oxygen atoms in total. The summed E-state index contributed by atoms with van der Waals surface area (Å²) in [6, 6.07) is 9.00. The number of para-hydroxylation sites is 1. The molecule has 5 rings (SSSR count). The number of nitrogens with zero attached hydrogens (tertiary/aromatic N) is 3. The van der Waals surface area contributed by atoms with E-state index in [0.717, 1.165) is 24.9 Å². The topological polar surface area (TPSA) is 81.2 Å². The standard InChI is InChI=1S/C30H39N3O4S/c1-3-4-17-31-18-12-16-30-24(27(36)33(25(30)28(31)37)19-9-6-10-21-34)23-26(35)32(22-13-7-5-8-14-22)20-11-15-29(23,2)38-30/h5,7-8,11-16,23-25,34H,3-4,6,9-10,17-21H2,1-2H3/t23-,24+,25?,29+,30+/m1/s1. The summed E-state index contributed by atoms with van der Waals surface area (Å²) in [4.78, 5) is 48.3. The Bertz CT molecular complexity index is 1120. The second-order valence-electron chi connectivity index (χ2n) is 11.0. The molecule has 2 fully saturated rings. The number of hydrogen-bond donors (Lipinski definition) is 1. The van der Waals surface area contributed by atoms with Gasteiger partial charge in [0.2, 0.25) is 17.7 Å². The fraction of sp³-hybridized carbons (Fsp3) is 0.567. The lowest BCUT2D eigenvalue weighted by atomic mass is 9.74. The maximum atomic E-state index is 14.4. The molecule has 204 valence electrons. The predicted octanol–water partition coefficient (Wildman–Crippen LogP) is 3.64. The molecule has 1 unspecified atom stereocenters. The fourth-order valence-corrected chi connectivity index (χ4v) is 8.93. The van der Waals surface area contributed by atoms with E-state index in [0.29, 0.717) is 39.0 Å². The van der Waals surface area contributed by atoms with Crippen LogP contribution < -0.4 is 4.90 Å². The Morgan fingerprint density at radius 1 is 0.895 bits per heavy atom. The van der Waals surface area contributed by atoms with E-state index >= 15 is 0 Å². The number of unbranched alkanes of at least 4 members (excludes halogenated alkanes) is 3. The molecule has 8 heteroatoms. The van der Waals surface area contributed by atoms with Crippen LogP contribution in [0.1, 0.15) is 46.0 Å². The van der Waals surface area contributed by atoms with Crippen molar-refractivity contribution in [3.63, 3.8) is 0 Å². The van der Waals surface area contributed by atoms with Crippen molar-refractivity contribution in [2.24, 2.45) is 11.8 Å². The Balaban J connectivity index is 1.57. The van der Waals surface area contributed by atoms with E-state index in [2.05, 4.69) is 26.0 Å². The van der Waals surface area contributed by atoms with Gasteiger partial charge in [-0.15, -0.1) is 11.8 Å². The molecule has 1 N–H and O–H groups in total. The normalized spacial score (nSPS) is 32.3. The number of carbonyl (C=O) groups excluding carboxylic acids is 3. The van der Waals surface area contributed by atoms with Crippen molar-refractivity contribution in [3.8, 4) is 0 Å². The van der Waals surface area contributed by atoms with Crippen LogP contribution >= 0.6 is 11.8 Å². The molecular weight excluding hydrogens is 498 g/mol. The van der Waals surface area contributed by atoms with Crippen molar-refractivity contribution in [2.45, 2.75) is 61.5 Å². The number of aliphatic hydroxyl groups excluding tert-OH is 1. The quantitative estimate of drug-likeness (QED) is 0.384. The Kier molecular flexibility index (Phi) is 7.74. The molecule has 4 aliphatic rings. The van der Waals surface area contributed by atoms with Gasteiger partial charge in [-0.1, -0.05) is 55.8 Å². The monoisotopic (exact) mass is 537 g/mol. The van der Waals surface area contributed by atoms with E-state index in [-0.39, 0.29) is 24.3 Å². The third kappa shape index (κ3) is 4.39. The minimum atomic E-state index is -0.800. The zero-order valence-electron chi connectivity index (χ0n) is 22.4. The zero-order chi connectivity index (χ0) is 26.9. The SMILES string of the molecule is CCCCN1CC=C[C@]23S[C@@]4(C)C=CCN(c5ccccc5)C(=O)[C@H]4[C@H]2C(=O)N(CCCCCO)C3C1=O. The Morgan fingerprint density at radius 2 is 1.66 bits per heavy atom. The largest absolute Gasteiger partial charge is 0.396 e. The van der Waals surface area contributed by atoms with E-state index < -0.39 is 27.4 Å². The number of fused-ring (bicyclic) bond motifs is 2. The molecule has 4 heterocycles. The van der Waals surface area contributed by atoms with Crippen molar-refractivity contribution < 1.29 is 19.5 Å². The molecule has 1 aromatic carbocycles. The smallest absolute Gasteiger partial charge is 0.247 e. The van der Waals surface area contributed by atoms with Crippen molar-refractivity contribution in [3.05, 3.63) is 54.6 Å². The summed E-state index contributed by atoms with van der Waals surface area (Å²) in [6.45, 7) is 6.39. The first-order valence-corrected chi connectivity index (χ1v) is 14.8. The van der Waals surface area contributed by atoms with Gasteiger partial charge >= 0.3 is 0 Å². The first kappa shape index (κ1) is 27.0. The minimum absolute atomic E-state index is 0.00892. The number of rotatable bonds is 9. The molecule has 38 heavy (non-hydrogen) atoms. The molecule has 3 amide bonds.